The minimum Gasteiger partial charge on any atom is -0.424 e. The zero-order valence-electron chi connectivity index (χ0n) is 13.0. The molecule has 0 spiro atoms. The molecule has 0 amide bonds. The Kier molecular flexibility index (Phi) is 8.39. The Morgan fingerprint density at radius 2 is 1.40 bits per heavy atom. The van der Waals surface area contributed by atoms with Gasteiger partial charge in [-0.3, -0.25) is 0 Å². The number of benzene rings is 3. The minimum absolute atomic E-state index is 0. The standard InChI is InChI=1S/C20H12NO2.V.W/c21-14-15-6-8-16(9-7-15)17-10-12-19(13-11-17)23-20(22)18-4-2-1-3-5-18;;/h2-13H;;/q-1;;. The van der Waals surface area contributed by atoms with Gasteiger partial charge in [-0.05, 0) is 41.0 Å². The summed E-state index contributed by atoms with van der Waals surface area (Å²) in [6.45, 7) is 0. The van der Waals surface area contributed by atoms with Gasteiger partial charge in [0.2, 0.25) is 0 Å². The third-order valence-electron chi connectivity index (χ3n) is 3.37. The van der Waals surface area contributed by atoms with Gasteiger partial charge in [0.05, 0.1) is 11.6 Å². The molecule has 0 N–H and O–H groups in total. The smallest absolute Gasteiger partial charge is 0.318 e. The van der Waals surface area contributed by atoms with Gasteiger partial charge in [-0.15, -0.1) is 0 Å². The first-order chi connectivity index (χ1) is 11.3. The molecule has 121 valence electrons. The summed E-state index contributed by atoms with van der Waals surface area (Å²) in [5.74, 6) is 0.0883. The van der Waals surface area contributed by atoms with Gasteiger partial charge < -0.3 is 4.74 Å². The van der Waals surface area contributed by atoms with Crippen LogP contribution >= 0.6 is 0 Å². The Balaban J connectivity index is 0.00000156. The molecule has 0 aromatic heterocycles. The third-order valence-corrected chi connectivity index (χ3v) is 3.37. The van der Waals surface area contributed by atoms with Crippen LogP contribution in [0.15, 0.2) is 72.8 Å². The van der Waals surface area contributed by atoms with Crippen LogP contribution in [0.1, 0.15) is 15.9 Å². The largest absolute Gasteiger partial charge is 0.424 e. The normalized spacial score (nSPS) is 9.08. The predicted octanol–water partition coefficient (Wildman–Crippen LogP) is 4.24. The maximum Gasteiger partial charge on any atom is 0.318 e. The first-order valence-electron chi connectivity index (χ1n) is 7.05. The Labute approximate surface area is 172 Å². The molecule has 3 aromatic carbocycles. The molecule has 5 heteroatoms. The van der Waals surface area contributed by atoms with Gasteiger partial charge in [0, 0.05) is 39.6 Å². The fraction of sp³-hybridized carbons (Fsp3) is 0. The van der Waals surface area contributed by atoms with E-state index in [-0.39, 0.29) is 39.6 Å². The van der Waals surface area contributed by atoms with Crippen molar-refractivity contribution in [3.05, 3.63) is 90.0 Å². The van der Waals surface area contributed by atoms with Crippen molar-refractivity contribution in [1.29, 1.82) is 5.26 Å². The fourth-order valence-corrected chi connectivity index (χ4v) is 2.14. The summed E-state index contributed by atoms with van der Waals surface area (Å²) in [7, 11) is 0. The summed E-state index contributed by atoms with van der Waals surface area (Å²) in [6.07, 6.45) is 0. The van der Waals surface area contributed by atoms with Crippen LogP contribution in [0, 0.1) is 17.4 Å². The summed E-state index contributed by atoms with van der Waals surface area (Å²) in [5.41, 5.74) is 3.10. The molecule has 0 fully saturated rings. The third kappa shape index (κ3) is 5.44. The van der Waals surface area contributed by atoms with Gasteiger partial charge in [0.15, 0.2) is 0 Å². The quantitative estimate of drug-likeness (QED) is 0.288. The van der Waals surface area contributed by atoms with E-state index in [2.05, 4.69) is 12.1 Å². The SMILES string of the molecule is N#Cc1ccc(-c2ccc(OC(=O)c3cc[c-]cc3)cc2)cc1.[V].[W]. The molecule has 1 radical (unpaired) electrons. The topological polar surface area (TPSA) is 50.1 Å². The van der Waals surface area contributed by atoms with Crippen LogP contribution in [-0.4, -0.2) is 5.97 Å². The van der Waals surface area contributed by atoms with Crippen molar-refractivity contribution < 1.29 is 49.2 Å². The molecule has 0 saturated heterocycles. The summed E-state index contributed by atoms with van der Waals surface area (Å²) in [6, 6.07) is 26.2. The van der Waals surface area contributed by atoms with E-state index < -0.39 is 5.97 Å². The van der Waals surface area contributed by atoms with Gasteiger partial charge in [-0.1, -0.05) is 24.3 Å². The molecular formula is C20H12NO2VW-. The Bertz CT molecular complexity index is 857. The van der Waals surface area contributed by atoms with Crippen LogP contribution < -0.4 is 4.74 Å². The molecule has 3 aromatic rings. The maximum atomic E-state index is 12.0. The first-order valence-corrected chi connectivity index (χ1v) is 7.05. The molecular weight excluding hydrogens is 521 g/mol. The first kappa shape index (κ1) is 20.9. The number of hydrogen-bond acceptors (Lipinski definition) is 3. The second-order valence-electron chi connectivity index (χ2n) is 4.89. The zero-order valence-corrected chi connectivity index (χ0v) is 17.4. The molecule has 3 nitrogen and oxygen atoms in total. The molecule has 0 aliphatic rings. The van der Waals surface area contributed by atoms with Gasteiger partial charge in [0.1, 0.15) is 5.75 Å². The zero-order chi connectivity index (χ0) is 16.1. The predicted molar refractivity (Wildman–Crippen MR) is 86.8 cm³/mol. The molecule has 3 rings (SSSR count). The number of carbonyl (C=O) groups excluding carboxylic acids is 1. The average Bonchev–Trinajstić information content (AvgIpc) is 2.63. The number of rotatable bonds is 3. The minimum atomic E-state index is -0.398. The van der Waals surface area contributed by atoms with E-state index in [0.29, 0.717) is 16.9 Å². The van der Waals surface area contributed by atoms with Crippen molar-refractivity contribution in [1.82, 2.24) is 0 Å². The van der Waals surface area contributed by atoms with Crippen LogP contribution in [0.25, 0.3) is 11.1 Å². The Morgan fingerprint density at radius 3 is 1.92 bits per heavy atom. The van der Waals surface area contributed by atoms with Crippen molar-refractivity contribution in [2.24, 2.45) is 0 Å². The fourth-order valence-electron chi connectivity index (χ4n) is 2.14. The number of esters is 1. The molecule has 0 heterocycles. The monoisotopic (exact) mass is 533 g/mol. The molecule has 0 unspecified atom stereocenters. The van der Waals surface area contributed by atoms with Crippen LogP contribution in [0.3, 0.4) is 0 Å². The summed E-state index contributed by atoms with van der Waals surface area (Å²) in [4.78, 5) is 12.0. The van der Waals surface area contributed by atoms with E-state index in [1.807, 2.05) is 24.3 Å². The molecule has 0 aliphatic carbocycles. The van der Waals surface area contributed by atoms with Crippen LogP contribution in [0.4, 0.5) is 0 Å². The van der Waals surface area contributed by atoms with Crippen molar-refractivity contribution in [3.8, 4) is 22.9 Å². The average molecular weight is 533 g/mol. The van der Waals surface area contributed by atoms with E-state index >= 15 is 0 Å². The van der Waals surface area contributed by atoms with Crippen molar-refractivity contribution in [2.75, 3.05) is 0 Å². The van der Waals surface area contributed by atoms with E-state index in [0.717, 1.165) is 11.1 Å². The van der Waals surface area contributed by atoms with Crippen LogP contribution in [0.5, 0.6) is 5.75 Å². The molecule has 25 heavy (non-hydrogen) atoms. The molecule has 0 aliphatic heterocycles. The van der Waals surface area contributed by atoms with E-state index in [4.69, 9.17) is 10.00 Å². The maximum absolute atomic E-state index is 12.0. The Morgan fingerprint density at radius 1 is 0.880 bits per heavy atom. The van der Waals surface area contributed by atoms with Gasteiger partial charge in [-0.2, -0.15) is 35.6 Å². The van der Waals surface area contributed by atoms with Crippen molar-refractivity contribution in [3.63, 3.8) is 0 Å². The van der Waals surface area contributed by atoms with Crippen LogP contribution in [-0.2, 0) is 39.6 Å². The number of nitrogens with zero attached hydrogens (tertiary/aromatic N) is 1. The number of ether oxygens (including phenoxy) is 1. The van der Waals surface area contributed by atoms with Crippen LogP contribution in [0.2, 0.25) is 0 Å². The summed E-state index contributed by atoms with van der Waals surface area (Å²) in [5, 5.41) is 8.81. The Hall–Kier alpha value is -2.11. The molecule has 0 saturated carbocycles. The van der Waals surface area contributed by atoms with Gasteiger partial charge >= 0.3 is 5.97 Å². The molecule has 0 bridgehead atoms. The number of nitriles is 1. The molecule has 0 atom stereocenters. The second kappa shape index (κ2) is 10.0. The van der Waals surface area contributed by atoms with Gasteiger partial charge in [-0.25, -0.2) is 4.79 Å². The number of hydrogen-bond donors (Lipinski definition) is 0. The van der Waals surface area contributed by atoms with E-state index in [1.54, 1.807) is 48.5 Å². The van der Waals surface area contributed by atoms with E-state index in [9.17, 15) is 4.79 Å². The van der Waals surface area contributed by atoms with Crippen molar-refractivity contribution >= 4 is 5.97 Å². The van der Waals surface area contributed by atoms with Gasteiger partial charge in [0.25, 0.3) is 0 Å². The van der Waals surface area contributed by atoms with Crippen molar-refractivity contribution in [2.45, 2.75) is 0 Å². The second-order valence-corrected chi connectivity index (χ2v) is 4.89. The summed E-state index contributed by atoms with van der Waals surface area (Å²) >= 11 is 0. The van der Waals surface area contributed by atoms with E-state index in [1.165, 1.54) is 0 Å². The number of carbonyl (C=O) groups is 1. The summed E-state index contributed by atoms with van der Waals surface area (Å²) < 4.78 is 5.33.